The van der Waals surface area contributed by atoms with Crippen LogP contribution in [-0.4, -0.2) is 16.8 Å². The standard InChI is InChI=1S/C15H17N3O2S/c1-3-12-8-21-15(18-12)9(2)17-14(20)11-6-4-10(5-7-11)13(16)19/h4-9H,3H2,1-2H3,(H2,16,19)(H,17,20). The summed E-state index contributed by atoms with van der Waals surface area (Å²) >= 11 is 1.54. The van der Waals surface area contributed by atoms with Crippen LogP contribution in [0.4, 0.5) is 0 Å². The average Bonchev–Trinajstić information content (AvgIpc) is 2.96. The predicted octanol–water partition coefficient (Wildman–Crippen LogP) is 2.30. The van der Waals surface area contributed by atoms with Gasteiger partial charge in [-0.3, -0.25) is 9.59 Å². The van der Waals surface area contributed by atoms with Gasteiger partial charge in [-0.25, -0.2) is 4.98 Å². The van der Waals surface area contributed by atoms with Crippen LogP contribution in [0, 0.1) is 0 Å². The molecule has 2 aromatic rings. The molecule has 0 bridgehead atoms. The molecule has 6 heteroatoms. The second-order valence-corrected chi connectivity index (χ2v) is 5.56. The molecule has 5 nitrogen and oxygen atoms in total. The maximum atomic E-state index is 12.1. The van der Waals surface area contributed by atoms with Gasteiger partial charge in [-0.2, -0.15) is 0 Å². The maximum Gasteiger partial charge on any atom is 0.251 e. The lowest BCUT2D eigenvalue weighted by molar-refractivity contribution is 0.0937. The van der Waals surface area contributed by atoms with Crippen molar-refractivity contribution in [3.8, 4) is 0 Å². The molecule has 1 aromatic carbocycles. The Bertz CT molecular complexity index is 649. The third-order valence-electron chi connectivity index (χ3n) is 3.08. The molecule has 1 atom stereocenters. The molecule has 0 saturated heterocycles. The van der Waals surface area contributed by atoms with E-state index < -0.39 is 5.91 Å². The van der Waals surface area contributed by atoms with Gasteiger partial charge in [0, 0.05) is 16.5 Å². The summed E-state index contributed by atoms with van der Waals surface area (Å²) in [4.78, 5) is 27.6. The zero-order valence-electron chi connectivity index (χ0n) is 11.9. The highest BCUT2D eigenvalue weighted by Gasteiger charge is 2.14. The van der Waals surface area contributed by atoms with Crippen LogP contribution in [0.25, 0.3) is 0 Å². The lowest BCUT2D eigenvalue weighted by Crippen LogP contribution is -2.26. The number of nitrogens with two attached hydrogens (primary N) is 1. The van der Waals surface area contributed by atoms with Gasteiger partial charge in [0.05, 0.1) is 11.7 Å². The monoisotopic (exact) mass is 303 g/mol. The van der Waals surface area contributed by atoms with Crippen molar-refractivity contribution in [2.75, 3.05) is 0 Å². The van der Waals surface area contributed by atoms with Crippen molar-refractivity contribution in [1.82, 2.24) is 10.3 Å². The van der Waals surface area contributed by atoms with Crippen LogP contribution in [0.2, 0.25) is 0 Å². The Kier molecular flexibility index (Phi) is 4.70. The van der Waals surface area contributed by atoms with Crippen LogP contribution >= 0.6 is 11.3 Å². The maximum absolute atomic E-state index is 12.1. The molecular formula is C15H17N3O2S. The number of primary amides is 1. The van der Waals surface area contributed by atoms with Gasteiger partial charge < -0.3 is 11.1 Å². The molecule has 2 amide bonds. The van der Waals surface area contributed by atoms with Crippen LogP contribution < -0.4 is 11.1 Å². The molecule has 1 unspecified atom stereocenters. The number of hydrogen-bond acceptors (Lipinski definition) is 4. The molecule has 0 saturated carbocycles. The lowest BCUT2D eigenvalue weighted by Gasteiger charge is -2.11. The van der Waals surface area contributed by atoms with Gasteiger partial charge in [0.2, 0.25) is 5.91 Å². The molecule has 110 valence electrons. The zero-order chi connectivity index (χ0) is 15.4. The molecule has 0 radical (unpaired) electrons. The third-order valence-corrected chi connectivity index (χ3v) is 4.16. The lowest BCUT2D eigenvalue weighted by atomic mass is 10.1. The largest absolute Gasteiger partial charge is 0.366 e. The number of nitrogens with one attached hydrogen (secondary N) is 1. The summed E-state index contributed by atoms with van der Waals surface area (Å²) < 4.78 is 0. The fourth-order valence-electron chi connectivity index (χ4n) is 1.81. The Morgan fingerprint density at radius 2 is 1.90 bits per heavy atom. The summed E-state index contributed by atoms with van der Waals surface area (Å²) in [5, 5.41) is 5.77. The Hall–Kier alpha value is -2.21. The Morgan fingerprint density at radius 1 is 1.29 bits per heavy atom. The summed E-state index contributed by atoms with van der Waals surface area (Å²) in [6.07, 6.45) is 0.881. The Labute approximate surface area is 127 Å². The van der Waals surface area contributed by atoms with Gasteiger partial charge in [-0.05, 0) is 37.6 Å². The van der Waals surface area contributed by atoms with Gasteiger partial charge in [0.25, 0.3) is 5.91 Å². The fraction of sp³-hybridized carbons (Fsp3) is 0.267. The van der Waals surface area contributed by atoms with E-state index in [4.69, 9.17) is 5.73 Å². The summed E-state index contributed by atoms with van der Waals surface area (Å²) in [6, 6.07) is 6.10. The van der Waals surface area contributed by atoms with Gasteiger partial charge in [-0.1, -0.05) is 6.92 Å². The first-order valence-corrected chi connectivity index (χ1v) is 7.54. The Morgan fingerprint density at radius 3 is 2.43 bits per heavy atom. The number of rotatable bonds is 5. The van der Waals surface area contributed by atoms with Crippen molar-refractivity contribution < 1.29 is 9.59 Å². The van der Waals surface area contributed by atoms with Gasteiger partial charge in [0.1, 0.15) is 5.01 Å². The van der Waals surface area contributed by atoms with E-state index in [0.717, 1.165) is 17.1 Å². The van der Waals surface area contributed by atoms with E-state index in [1.807, 2.05) is 19.2 Å². The number of thiazole rings is 1. The van der Waals surface area contributed by atoms with E-state index >= 15 is 0 Å². The van der Waals surface area contributed by atoms with Crippen molar-refractivity contribution in [3.05, 3.63) is 51.5 Å². The van der Waals surface area contributed by atoms with Gasteiger partial charge in [0.15, 0.2) is 0 Å². The molecule has 0 aliphatic rings. The highest BCUT2D eigenvalue weighted by atomic mass is 32.1. The van der Waals surface area contributed by atoms with Gasteiger partial charge in [-0.15, -0.1) is 11.3 Å². The molecule has 3 N–H and O–H groups in total. The van der Waals surface area contributed by atoms with Crippen LogP contribution in [0.15, 0.2) is 29.6 Å². The SMILES string of the molecule is CCc1csc(C(C)NC(=O)c2ccc(C(N)=O)cc2)n1. The molecule has 1 aromatic heterocycles. The minimum absolute atomic E-state index is 0.154. The van der Waals surface area contributed by atoms with E-state index in [1.54, 1.807) is 24.3 Å². The van der Waals surface area contributed by atoms with Gasteiger partial charge >= 0.3 is 0 Å². The van der Waals surface area contributed by atoms with Crippen LogP contribution in [0.5, 0.6) is 0 Å². The molecule has 2 rings (SSSR count). The molecule has 0 aliphatic heterocycles. The number of aromatic nitrogens is 1. The molecule has 21 heavy (non-hydrogen) atoms. The van der Waals surface area contributed by atoms with E-state index in [-0.39, 0.29) is 11.9 Å². The second-order valence-electron chi connectivity index (χ2n) is 4.67. The smallest absolute Gasteiger partial charge is 0.251 e. The predicted molar refractivity (Wildman–Crippen MR) is 82.3 cm³/mol. The third kappa shape index (κ3) is 3.66. The molecule has 1 heterocycles. The minimum Gasteiger partial charge on any atom is -0.366 e. The number of benzene rings is 1. The number of carbonyl (C=O) groups excluding carboxylic acids is 2. The first-order chi connectivity index (χ1) is 10.0. The van der Waals surface area contributed by atoms with E-state index in [2.05, 4.69) is 10.3 Å². The van der Waals surface area contributed by atoms with Crippen molar-refractivity contribution in [1.29, 1.82) is 0 Å². The number of carbonyl (C=O) groups is 2. The quantitative estimate of drug-likeness (QED) is 0.888. The fourth-order valence-corrected chi connectivity index (χ4v) is 2.72. The minimum atomic E-state index is -0.509. The topological polar surface area (TPSA) is 85.1 Å². The highest BCUT2D eigenvalue weighted by molar-refractivity contribution is 7.09. The van der Waals surface area contributed by atoms with Crippen LogP contribution in [0.1, 0.15) is 51.3 Å². The van der Waals surface area contributed by atoms with Crippen molar-refractivity contribution in [3.63, 3.8) is 0 Å². The summed E-state index contributed by atoms with van der Waals surface area (Å²) in [7, 11) is 0. The van der Waals surface area contributed by atoms with Crippen LogP contribution in [0.3, 0.4) is 0 Å². The zero-order valence-corrected chi connectivity index (χ0v) is 12.7. The van der Waals surface area contributed by atoms with Crippen molar-refractivity contribution >= 4 is 23.2 Å². The van der Waals surface area contributed by atoms with Crippen molar-refractivity contribution in [2.45, 2.75) is 26.3 Å². The van der Waals surface area contributed by atoms with E-state index in [0.29, 0.717) is 11.1 Å². The number of hydrogen-bond donors (Lipinski definition) is 2. The van der Waals surface area contributed by atoms with Crippen molar-refractivity contribution in [2.24, 2.45) is 5.73 Å². The first-order valence-electron chi connectivity index (χ1n) is 6.66. The number of amides is 2. The summed E-state index contributed by atoms with van der Waals surface area (Å²) in [5.74, 6) is -0.711. The average molecular weight is 303 g/mol. The molecule has 0 spiro atoms. The first kappa shape index (κ1) is 15.2. The molecular weight excluding hydrogens is 286 g/mol. The second kappa shape index (κ2) is 6.49. The van der Waals surface area contributed by atoms with E-state index in [1.165, 1.54) is 11.3 Å². The molecule has 0 aliphatic carbocycles. The Balaban J connectivity index is 2.04. The molecule has 0 fully saturated rings. The van der Waals surface area contributed by atoms with Crippen LogP contribution in [-0.2, 0) is 6.42 Å². The highest BCUT2D eigenvalue weighted by Crippen LogP contribution is 2.18. The summed E-state index contributed by atoms with van der Waals surface area (Å²) in [5.41, 5.74) is 7.06. The van der Waals surface area contributed by atoms with E-state index in [9.17, 15) is 9.59 Å². The number of aryl methyl sites for hydroxylation is 1. The number of nitrogens with zero attached hydrogens (tertiary/aromatic N) is 1. The normalized spacial score (nSPS) is 11.9. The summed E-state index contributed by atoms with van der Waals surface area (Å²) in [6.45, 7) is 3.94.